The number of hydrogen-bond donors (Lipinski definition) is 0. The Labute approximate surface area is 78.8 Å². The van der Waals surface area contributed by atoms with E-state index in [1.165, 1.54) is 5.56 Å². The standard InChI is InChI=1S/C11H13NO/c1-11(2,3)9-5-4-6-10(7-9)13-8-12/h4-7H,1-3H3. The van der Waals surface area contributed by atoms with Gasteiger partial charge in [0.05, 0.1) is 0 Å². The summed E-state index contributed by atoms with van der Waals surface area (Å²) >= 11 is 0. The van der Waals surface area contributed by atoms with Crippen molar-refractivity contribution in [1.29, 1.82) is 5.26 Å². The Hall–Kier alpha value is -1.49. The van der Waals surface area contributed by atoms with Gasteiger partial charge in [-0.05, 0) is 23.1 Å². The topological polar surface area (TPSA) is 33.0 Å². The van der Waals surface area contributed by atoms with Crippen LogP contribution in [0.25, 0.3) is 0 Å². The second-order valence-corrected chi connectivity index (χ2v) is 3.97. The fourth-order valence-corrected chi connectivity index (χ4v) is 1.08. The van der Waals surface area contributed by atoms with Gasteiger partial charge in [-0.2, -0.15) is 0 Å². The summed E-state index contributed by atoms with van der Waals surface area (Å²) in [5.41, 5.74) is 1.26. The molecule has 68 valence electrons. The van der Waals surface area contributed by atoms with Gasteiger partial charge in [-0.1, -0.05) is 32.9 Å². The molecule has 0 aliphatic heterocycles. The Balaban J connectivity index is 3.00. The lowest BCUT2D eigenvalue weighted by Gasteiger charge is -2.18. The van der Waals surface area contributed by atoms with Crippen molar-refractivity contribution in [3.8, 4) is 12.0 Å². The van der Waals surface area contributed by atoms with E-state index < -0.39 is 0 Å². The van der Waals surface area contributed by atoms with Crippen molar-refractivity contribution in [1.82, 2.24) is 0 Å². The molecule has 1 aromatic rings. The third kappa shape index (κ3) is 2.48. The van der Waals surface area contributed by atoms with E-state index in [4.69, 9.17) is 10.00 Å². The first kappa shape index (κ1) is 9.60. The van der Waals surface area contributed by atoms with Crippen molar-refractivity contribution in [2.24, 2.45) is 0 Å². The minimum Gasteiger partial charge on any atom is -0.388 e. The van der Waals surface area contributed by atoms with Crippen molar-refractivity contribution in [3.05, 3.63) is 29.8 Å². The van der Waals surface area contributed by atoms with Gasteiger partial charge in [0.15, 0.2) is 0 Å². The summed E-state index contributed by atoms with van der Waals surface area (Å²) in [5, 5.41) is 8.34. The van der Waals surface area contributed by atoms with Crippen LogP contribution in [0.3, 0.4) is 0 Å². The summed E-state index contributed by atoms with van der Waals surface area (Å²) in [6, 6.07) is 7.60. The van der Waals surface area contributed by atoms with Gasteiger partial charge >= 0.3 is 0 Å². The molecule has 0 aliphatic carbocycles. The van der Waals surface area contributed by atoms with Crippen molar-refractivity contribution >= 4 is 0 Å². The van der Waals surface area contributed by atoms with Gasteiger partial charge in [-0.15, -0.1) is 5.26 Å². The smallest absolute Gasteiger partial charge is 0.292 e. The largest absolute Gasteiger partial charge is 0.388 e. The number of rotatable bonds is 1. The average Bonchev–Trinajstić information content (AvgIpc) is 2.04. The van der Waals surface area contributed by atoms with E-state index in [2.05, 4.69) is 20.8 Å². The van der Waals surface area contributed by atoms with Crippen LogP contribution in [-0.2, 0) is 5.41 Å². The number of ether oxygens (including phenoxy) is 1. The van der Waals surface area contributed by atoms with Crippen LogP contribution in [0, 0.1) is 11.5 Å². The van der Waals surface area contributed by atoms with Crippen LogP contribution in [0.5, 0.6) is 5.75 Å². The molecule has 0 spiro atoms. The zero-order valence-electron chi connectivity index (χ0n) is 8.16. The quantitative estimate of drug-likeness (QED) is 0.615. The Bertz CT molecular complexity index is 331. The third-order valence-electron chi connectivity index (χ3n) is 1.86. The first-order valence-electron chi connectivity index (χ1n) is 4.20. The van der Waals surface area contributed by atoms with Crippen LogP contribution >= 0.6 is 0 Å². The molecule has 0 heterocycles. The average molecular weight is 175 g/mol. The lowest BCUT2D eigenvalue weighted by molar-refractivity contribution is 0.501. The lowest BCUT2D eigenvalue weighted by Crippen LogP contribution is -2.10. The molecule has 2 nitrogen and oxygen atoms in total. The van der Waals surface area contributed by atoms with Gasteiger partial charge in [-0.3, -0.25) is 0 Å². The highest BCUT2D eigenvalue weighted by atomic mass is 16.5. The van der Waals surface area contributed by atoms with Crippen LogP contribution < -0.4 is 4.74 Å². The van der Waals surface area contributed by atoms with E-state index in [0.29, 0.717) is 5.75 Å². The van der Waals surface area contributed by atoms with E-state index in [9.17, 15) is 0 Å². The fourth-order valence-electron chi connectivity index (χ4n) is 1.08. The summed E-state index contributed by atoms with van der Waals surface area (Å²) in [6.07, 6.45) is 1.66. The minimum absolute atomic E-state index is 0.0921. The molecule has 0 atom stereocenters. The van der Waals surface area contributed by atoms with E-state index in [1.54, 1.807) is 12.3 Å². The second kappa shape index (κ2) is 3.49. The fraction of sp³-hybridized carbons (Fsp3) is 0.364. The lowest BCUT2D eigenvalue weighted by atomic mass is 9.87. The maximum atomic E-state index is 8.34. The van der Waals surface area contributed by atoms with Crippen LogP contribution in [-0.4, -0.2) is 0 Å². The Morgan fingerprint density at radius 1 is 1.31 bits per heavy atom. The summed E-state index contributed by atoms with van der Waals surface area (Å²) in [5.74, 6) is 0.606. The number of nitrogens with zero attached hydrogens (tertiary/aromatic N) is 1. The first-order chi connectivity index (χ1) is 6.04. The molecule has 0 saturated heterocycles. The first-order valence-corrected chi connectivity index (χ1v) is 4.20. The van der Waals surface area contributed by atoms with E-state index >= 15 is 0 Å². The summed E-state index contributed by atoms with van der Waals surface area (Å²) in [7, 11) is 0. The van der Waals surface area contributed by atoms with E-state index in [-0.39, 0.29) is 5.41 Å². The zero-order chi connectivity index (χ0) is 9.90. The predicted octanol–water partition coefficient (Wildman–Crippen LogP) is 2.84. The van der Waals surface area contributed by atoms with Crippen LogP contribution in [0.1, 0.15) is 26.3 Å². The molecular formula is C11H13NO. The predicted molar refractivity (Wildman–Crippen MR) is 51.4 cm³/mol. The molecule has 0 saturated carbocycles. The summed E-state index contributed by atoms with van der Waals surface area (Å²) in [4.78, 5) is 0. The molecule has 0 unspecified atom stereocenters. The van der Waals surface area contributed by atoms with Crippen LogP contribution in [0.2, 0.25) is 0 Å². The molecule has 0 N–H and O–H groups in total. The van der Waals surface area contributed by atoms with Crippen LogP contribution in [0.15, 0.2) is 24.3 Å². The van der Waals surface area contributed by atoms with Crippen molar-refractivity contribution in [2.75, 3.05) is 0 Å². The van der Waals surface area contributed by atoms with Gasteiger partial charge in [0.1, 0.15) is 5.75 Å². The molecule has 13 heavy (non-hydrogen) atoms. The van der Waals surface area contributed by atoms with E-state index in [0.717, 1.165) is 0 Å². The Morgan fingerprint density at radius 3 is 2.54 bits per heavy atom. The molecular weight excluding hydrogens is 162 g/mol. The molecule has 0 bridgehead atoms. The minimum atomic E-state index is 0.0921. The maximum Gasteiger partial charge on any atom is 0.292 e. The van der Waals surface area contributed by atoms with Crippen LogP contribution in [0.4, 0.5) is 0 Å². The number of nitriles is 1. The zero-order valence-corrected chi connectivity index (χ0v) is 8.16. The highest BCUT2D eigenvalue weighted by Crippen LogP contribution is 2.25. The number of hydrogen-bond acceptors (Lipinski definition) is 2. The third-order valence-corrected chi connectivity index (χ3v) is 1.86. The SMILES string of the molecule is CC(C)(C)c1cccc(OC#N)c1. The molecule has 0 aliphatic rings. The highest BCUT2D eigenvalue weighted by molar-refractivity contribution is 5.33. The molecule has 0 amide bonds. The summed E-state index contributed by atoms with van der Waals surface area (Å²) < 4.78 is 4.75. The van der Waals surface area contributed by atoms with Crippen molar-refractivity contribution in [3.63, 3.8) is 0 Å². The Kier molecular flexibility index (Phi) is 2.57. The molecule has 1 aromatic carbocycles. The van der Waals surface area contributed by atoms with Gasteiger partial charge in [0.2, 0.25) is 0 Å². The molecule has 0 fully saturated rings. The maximum absolute atomic E-state index is 8.34. The van der Waals surface area contributed by atoms with Crippen molar-refractivity contribution in [2.45, 2.75) is 26.2 Å². The Morgan fingerprint density at radius 2 is 2.00 bits per heavy atom. The molecule has 0 aromatic heterocycles. The van der Waals surface area contributed by atoms with E-state index in [1.807, 2.05) is 18.2 Å². The number of benzene rings is 1. The molecule has 2 heteroatoms. The van der Waals surface area contributed by atoms with Gasteiger partial charge in [-0.25, -0.2) is 0 Å². The van der Waals surface area contributed by atoms with Crippen molar-refractivity contribution < 1.29 is 4.74 Å². The molecule has 0 radical (unpaired) electrons. The summed E-state index contributed by atoms with van der Waals surface area (Å²) in [6.45, 7) is 6.37. The van der Waals surface area contributed by atoms with Gasteiger partial charge < -0.3 is 4.74 Å². The molecule has 1 rings (SSSR count). The second-order valence-electron chi connectivity index (χ2n) is 3.97. The van der Waals surface area contributed by atoms with Gasteiger partial charge in [0, 0.05) is 0 Å². The van der Waals surface area contributed by atoms with Gasteiger partial charge in [0.25, 0.3) is 6.26 Å². The highest BCUT2D eigenvalue weighted by Gasteiger charge is 2.13. The normalized spacial score (nSPS) is 10.6. The monoisotopic (exact) mass is 175 g/mol.